The van der Waals surface area contributed by atoms with Crippen LogP contribution in [0.1, 0.15) is 17.5 Å². The Morgan fingerprint density at radius 1 is 0.842 bits per heavy atom. The van der Waals surface area contributed by atoms with Crippen LogP contribution in [0.25, 0.3) is 12.2 Å². The number of halogens is 1. The van der Waals surface area contributed by atoms with Crippen molar-refractivity contribution in [3.63, 3.8) is 0 Å². The number of alkyl halides is 1. The summed E-state index contributed by atoms with van der Waals surface area (Å²) in [6.45, 7) is 0.754. The Kier molecular flexibility index (Phi) is 5.70. The molecule has 0 unspecified atom stereocenters. The topological polar surface area (TPSA) is 9.23 Å². The Hall–Kier alpha value is -1.54. The van der Waals surface area contributed by atoms with E-state index in [4.69, 9.17) is 4.74 Å². The van der Waals surface area contributed by atoms with Crippen LogP contribution in [0, 0.1) is 0 Å². The molecule has 0 bridgehead atoms. The van der Waals surface area contributed by atoms with Crippen LogP contribution < -0.4 is 4.74 Å². The largest absolute Gasteiger partial charge is 0.494 e. The first kappa shape index (κ1) is 13.9. The lowest BCUT2D eigenvalue weighted by atomic mass is 10.1. The summed E-state index contributed by atoms with van der Waals surface area (Å²) >= 11 is 3.39. The van der Waals surface area contributed by atoms with Gasteiger partial charge < -0.3 is 4.74 Å². The van der Waals surface area contributed by atoms with Crippen LogP contribution in [-0.2, 0) is 0 Å². The maximum Gasteiger partial charge on any atom is 0.119 e. The summed E-state index contributed by atoms with van der Waals surface area (Å²) in [4.78, 5) is 0. The molecule has 0 aliphatic heterocycles. The van der Waals surface area contributed by atoms with Crippen molar-refractivity contribution in [1.29, 1.82) is 0 Å². The first-order valence-electron chi connectivity index (χ1n) is 6.40. The van der Waals surface area contributed by atoms with Crippen LogP contribution in [0.3, 0.4) is 0 Å². The quantitative estimate of drug-likeness (QED) is 0.413. The van der Waals surface area contributed by atoms with E-state index in [0.717, 1.165) is 24.1 Å². The molecule has 0 aliphatic rings. The molecule has 0 heterocycles. The van der Waals surface area contributed by atoms with Crippen LogP contribution in [-0.4, -0.2) is 11.9 Å². The lowest BCUT2D eigenvalue weighted by Crippen LogP contribution is -1.97. The van der Waals surface area contributed by atoms with Crippen LogP contribution in [0.15, 0.2) is 54.6 Å². The molecule has 0 saturated heterocycles. The molecule has 98 valence electrons. The third kappa shape index (κ3) is 4.92. The van der Waals surface area contributed by atoms with Gasteiger partial charge in [-0.2, -0.15) is 0 Å². The van der Waals surface area contributed by atoms with Crippen molar-refractivity contribution in [3.05, 3.63) is 65.7 Å². The predicted octanol–water partition coefficient (Wildman–Crippen LogP) is 5.02. The highest BCUT2D eigenvalue weighted by atomic mass is 79.9. The van der Waals surface area contributed by atoms with Crippen molar-refractivity contribution >= 4 is 28.1 Å². The molecule has 0 spiro atoms. The Balaban J connectivity index is 1.93. The molecule has 2 heteroatoms. The Morgan fingerprint density at radius 3 is 2.11 bits per heavy atom. The molecule has 0 atom stereocenters. The Morgan fingerprint density at radius 2 is 1.47 bits per heavy atom. The molecule has 2 aromatic rings. The fraction of sp³-hybridized carbons (Fsp3) is 0.176. The molecular weight excluding hydrogens is 300 g/mol. The smallest absolute Gasteiger partial charge is 0.119 e. The third-order valence-corrected chi connectivity index (χ3v) is 3.26. The number of hydrogen-bond acceptors (Lipinski definition) is 1. The highest BCUT2D eigenvalue weighted by Crippen LogP contribution is 2.14. The second-order valence-electron chi connectivity index (χ2n) is 4.20. The summed E-state index contributed by atoms with van der Waals surface area (Å²) in [6.07, 6.45) is 5.24. The zero-order chi connectivity index (χ0) is 13.3. The summed E-state index contributed by atoms with van der Waals surface area (Å²) in [5.41, 5.74) is 2.39. The molecule has 2 rings (SSSR count). The molecule has 2 aromatic carbocycles. The number of benzene rings is 2. The van der Waals surface area contributed by atoms with E-state index in [1.165, 1.54) is 11.1 Å². The minimum Gasteiger partial charge on any atom is -0.494 e. The minimum absolute atomic E-state index is 0.754. The second kappa shape index (κ2) is 7.80. The summed E-state index contributed by atoms with van der Waals surface area (Å²) in [5, 5.41) is 0.977. The van der Waals surface area contributed by atoms with Gasteiger partial charge in [-0.05, 0) is 29.7 Å². The van der Waals surface area contributed by atoms with Crippen molar-refractivity contribution in [1.82, 2.24) is 0 Å². The van der Waals surface area contributed by atoms with E-state index in [-0.39, 0.29) is 0 Å². The van der Waals surface area contributed by atoms with Gasteiger partial charge in [0, 0.05) is 5.33 Å². The molecule has 0 radical (unpaired) electrons. The molecule has 1 nitrogen and oxygen atoms in total. The SMILES string of the molecule is BrCCCOc1ccc(/C=C/c2ccccc2)cc1. The lowest BCUT2D eigenvalue weighted by molar-refractivity contribution is 0.319. The fourth-order valence-corrected chi connectivity index (χ4v) is 1.91. The van der Waals surface area contributed by atoms with Crippen molar-refractivity contribution in [2.75, 3.05) is 11.9 Å². The van der Waals surface area contributed by atoms with Crippen LogP contribution >= 0.6 is 15.9 Å². The second-order valence-corrected chi connectivity index (χ2v) is 5.00. The van der Waals surface area contributed by atoms with E-state index in [1.807, 2.05) is 30.3 Å². The summed E-state index contributed by atoms with van der Waals surface area (Å²) in [5.74, 6) is 0.929. The monoisotopic (exact) mass is 316 g/mol. The van der Waals surface area contributed by atoms with E-state index in [0.29, 0.717) is 0 Å². The van der Waals surface area contributed by atoms with Gasteiger partial charge >= 0.3 is 0 Å². The maximum absolute atomic E-state index is 5.61. The molecule has 0 aromatic heterocycles. The third-order valence-electron chi connectivity index (χ3n) is 2.69. The van der Waals surface area contributed by atoms with Gasteiger partial charge in [-0.15, -0.1) is 0 Å². The number of rotatable bonds is 6. The molecule has 19 heavy (non-hydrogen) atoms. The molecule has 0 aliphatic carbocycles. The Labute approximate surface area is 123 Å². The molecule has 0 fully saturated rings. The highest BCUT2D eigenvalue weighted by Gasteiger charge is 1.93. The number of ether oxygens (including phenoxy) is 1. The van der Waals surface area contributed by atoms with E-state index in [1.54, 1.807) is 0 Å². The first-order valence-corrected chi connectivity index (χ1v) is 7.52. The van der Waals surface area contributed by atoms with E-state index >= 15 is 0 Å². The van der Waals surface area contributed by atoms with Crippen LogP contribution in [0.2, 0.25) is 0 Å². The van der Waals surface area contributed by atoms with Crippen molar-refractivity contribution in [2.45, 2.75) is 6.42 Å². The summed E-state index contributed by atoms with van der Waals surface area (Å²) < 4.78 is 5.61. The predicted molar refractivity (Wildman–Crippen MR) is 85.7 cm³/mol. The van der Waals surface area contributed by atoms with Crippen molar-refractivity contribution in [2.24, 2.45) is 0 Å². The van der Waals surface area contributed by atoms with Gasteiger partial charge in [0.2, 0.25) is 0 Å². The van der Waals surface area contributed by atoms with E-state index in [9.17, 15) is 0 Å². The van der Waals surface area contributed by atoms with Gasteiger partial charge in [-0.3, -0.25) is 0 Å². The number of hydrogen-bond donors (Lipinski definition) is 0. The molecule has 0 amide bonds. The van der Waals surface area contributed by atoms with Gasteiger partial charge in [-0.1, -0.05) is 70.5 Å². The van der Waals surface area contributed by atoms with Crippen LogP contribution in [0.4, 0.5) is 0 Å². The first-order chi connectivity index (χ1) is 9.38. The van der Waals surface area contributed by atoms with Gasteiger partial charge in [0.25, 0.3) is 0 Å². The van der Waals surface area contributed by atoms with Gasteiger partial charge in [-0.25, -0.2) is 0 Å². The minimum atomic E-state index is 0.754. The highest BCUT2D eigenvalue weighted by molar-refractivity contribution is 9.09. The summed E-state index contributed by atoms with van der Waals surface area (Å²) in [7, 11) is 0. The zero-order valence-electron chi connectivity index (χ0n) is 10.8. The molecular formula is C17H17BrO. The fourth-order valence-electron chi connectivity index (χ4n) is 1.68. The standard InChI is InChI=1S/C17H17BrO/c18-13-4-14-19-17-11-9-16(10-12-17)8-7-15-5-2-1-3-6-15/h1-3,5-12H,4,13-14H2/b8-7+. The lowest BCUT2D eigenvalue weighted by Gasteiger charge is -2.04. The van der Waals surface area contributed by atoms with E-state index < -0.39 is 0 Å². The molecule has 0 saturated carbocycles. The normalized spacial score (nSPS) is 10.8. The zero-order valence-corrected chi connectivity index (χ0v) is 12.3. The average molecular weight is 317 g/mol. The van der Waals surface area contributed by atoms with Gasteiger partial charge in [0.15, 0.2) is 0 Å². The molecule has 0 N–H and O–H groups in total. The van der Waals surface area contributed by atoms with Gasteiger partial charge in [0.05, 0.1) is 6.61 Å². The Bertz CT molecular complexity index is 503. The van der Waals surface area contributed by atoms with Crippen molar-refractivity contribution in [3.8, 4) is 5.75 Å². The van der Waals surface area contributed by atoms with Crippen LogP contribution in [0.5, 0.6) is 5.75 Å². The summed E-state index contributed by atoms with van der Waals surface area (Å²) in [6, 6.07) is 18.5. The van der Waals surface area contributed by atoms with E-state index in [2.05, 4.69) is 52.3 Å². The van der Waals surface area contributed by atoms with Crippen molar-refractivity contribution < 1.29 is 4.74 Å². The average Bonchev–Trinajstić information content (AvgIpc) is 2.48. The maximum atomic E-state index is 5.61. The van der Waals surface area contributed by atoms with Gasteiger partial charge in [0.1, 0.15) is 5.75 Å².